The number of nitrogens with one attached hydrogen (secondary N) is 1. The summed E-state index contributed by atoms with van der Waals surface area (Å²) in [4.78, 5) is 40.8. The van der Waals surface area contributed by atoms with Gasteiger partial charge in [-0.15, -0.1) is 0 Å². The second-order valence-corrected chi connectivity index (χ2v) is 9.70. The Bertz CT molecular complexity index is 1270. The zero-order chi connectivity index (χ0) is 26.6. The van der Waals surface area contributed by atoms with Crippen LogP contribution in [0.2, 0.25) is 0 Å². The summed E-state index contributed by atoms with van der Waals surface area (Å²) in [5.41, 5.74) is 11.4. The summed E-state index contributed by atoms with van der Waals surface area (Å²) in [6.45, 7) is 5.52. The number of aromatic nitrogens is 1. The molecule has 0 aliphatic carbocycles. The fourth-order valence-corrected chi connectivity index (χ4v) is 4.27. The van der Waals surface area contributed by atoms with Crippen LogP contribution < -0.4 is 31.2 Å². The van der Waals surface area contributed by atoms with Crippen molar-refractivity contribution in [1.82, 2.24) is 9.69 Å². The minimum absolute atomic E-state index is 0.0197. The largest absolute Gasteiger partial charge is 0.497 e. The Balaban J connectivity index is 2.25. The molecule has 1 heterocycles. The van der Waals surface area contributed by atoms with Crippen LogP contribution in [-0.2, 0) is 4.79 Å². The van der Waals surface area contributed by atoms with E-state index in [-0.39, 0.29) is 16.3 Å². The molecule has 11 heteroatoms. The van der Waals surface area contributed by atoms with E-state index in [2.05, 4.69) is 9.69 Å². The molecule has 10 nitrogen and oxygen atoms in total. The van der Waals surface area contributed by atoms with Crippen molar-refractivity contribution in [2.45, 2.75) is 32.4 Å². The molecule has 3 rings (SSSR count). The second kappa shape index (κ2) is 10.6. The lowest BCUT2D eigenvalue weighted by Crippen LogP contribution is -2.49. The second-order valence-electron chi connectivity index (χ2n) is 8.93. The third kappa shape index (κ3) is 5.74. The van der Waals surface area contributed by atoms with Gasteiger partial charge in [-0.05, 0) is 62.1 Å². The molecule has 0 bridgehead atoms. The number of anilines is 2. The van der Waals surface area contributed by atoms with Gasteiger partial charge in [-0.25, -0.2) is 0 Å². The highest BCUT2D eigenvalue weighted by Gasteiger charge is 2.37. The van der Waals surface area contributed by atoms with Gasteiger partial charge in [-0.2, -0.15) is 4.37 Å². The van der Waals surface area contributed by atoms with Crippen LogP contribution in [0.15, 0.2) is 48.5 Å². The number of rotatable bonds is 8. The highest BCUT2D eigenvalue weighted by Crippen LogP contribution is 2.35. The fraction of sp³-hybridized carbons (Fsp3) is 0.280. The first-order valence-corrected chi connectivity index (χ1v) is 11.7. The van der Waals surface area contributed by atoms with E-state index < -0.39 is 29.3 Å². The van der Waals surface area contributed by atoms with Crippen LogP contribution in [0.3, 0.4) is 0 Å². The maximum absolute atomic E-state index is 14.0. The van der Waals surface area contributed by atoms with Crippen LogP contribution in [0.4, 0.5) is 11.4 Å². The summed E-state index contributed by atoms with van der Waals surface area (Å²) in [6.07, 6.45) is 0. The number of nitrogens with two attached hydrogens (primary N) is 2. The van der Waals surface area contributed by atoms with E-state index in [1.165, 1.54) is 19.1 Å². The smallest absolute Gasteiger partial charge is 0.273 e. The first-order valence-electron chi connectivity index (χ1n) is 11.0. The van der Waals surface area contributed by atoms with Crippen LogP contribution >= 0.6 is 11.5 Å². The van der Waals surface area contributed by atoms with Gasteiger partial charge in [-0.1, -0.05) is 18.2 Å². The molecule has 3 amide bonds. The molecule has 1 atom stereocenters. The molecule has 2 aromatic carbocycles. The summed E-state index contributed by atoms with van der Waals surface area (Å²) in [7, 11) is 3.03. The first kappa shape index (κ1) is 26.5. The molecule has 0 aliphatic rings. The molecular formula is C25H29N5O5S. The fourth-order valence-electron chi connectivity index (χ4n) is 3.52. The van der Waals surface area contributed by atoms with Crippen molar-refractivity contribution in [3.63, 3.8) is 0 Å². The van der Waals surface area contributed by atoms with E-state index >= 15 is 0 Å². The van der Waals surface area contributed by atoms with E-state index in [4.69, 9.17) is 20.9 Å². The van der Waals surface area contributed by atoms with Gasteiger partial charge in [0.15, 0.2) is 5.69 Å². The molecule has 0 fully saturated rings. The van der Waals surface area contributed by atoms with Gasteiger partial charge >= 0.3 is 0 Å². The van der Waals surface area contributed by atoms with Crippen molar-refractivity contribution >= 4 is 40.6 Å². The third-order valence-electron chi connectivity index (χ3n) is 5.14. The summed E-state index contributed by atoms with van der Waals surface area (Å²) in [5.74, 6) is -0.846. The molecule has 0 spiro atoms. The predicted molar refractivity (Wildman–Crippen MR) is 138 cm³/mol. The topological polar surface area (TPSA) is 150 Å². The third-order valence-corrected chi connectivity index (χ3v) is 5.99. The lowest BCUT2D eigenvalue weighted by Gasteiger charge is -2.33. The van der Waals surface area contributed by atoms with Gasteiger partial charge in [0.1, 0.15) is 22.4 Å². The van der Waals surface area contributed by atoms with E-state index in [0.717, 1.165) is 11.5 Å². The lowest BCUT2D eigenvalue weighted by molar-refractivity contribution is -0.123. The zero-order valence-corrected chi connectivity index (χ0v) is 21.5. The van der Waals surface area contributed by atoms with E-state index in [0.29, 0.717) is 22.7 Å². The van der Waals surface area contributed by atoms with Crippen molar-refractivity contribution in [2.75, 3.05) is 24.9 Å². The van der Waals surface area contributed by atoms with Crippen LogP contribution in [0, 0.1) is 0 Å². The summed E-state index contributed by atoms with van der Waals surface area (Å²) in [5, 5.41) is 2.96. The molecule has 1 aromatic heterocycles. The Labute approximate surface area is 213 Å². The molecule has 36 heavy (non-hydrogen) atoms. The van der Waals surface area contributed by atoms with Crippen molar-refractivity contribution in [1.29, 1.82) is 0 Å². The predicted octanol–water partition coefficient (Wildman–Crippen LogP) is 3.14. The normalized spacial score (nSPS) is 11.9. The maximum atomic E-state index is 14.0. The Morgan fingerprint density at radius 1 is 1.03 bits per heavy atom. The number of hydrogen-bond acceptors (Lipinski definition) is 8. The number of carbonyl (C=O) groups is 3. The highest BCUT2D eigenvalue weighted by atomic mass is 32.1. The van der Waals surface area contributed by atoms with Crippen LogP contribution in [0.5, 0.6) is 11.5 Å². The molecule has 3 aromatic rings. The van der Waals surface area contributed by atoms with Crippen LogP contribution in [0.1, 0.15) is 52.5 Å². The molecule has 0 aliphatic heterocycles. The molecule has 1 unspecified atom stereocenters. The van der Waals surface area contributed by atoms with Crippen LogP contribution in [-0.4, -0.2) is 41.9 Å². The lowest BCUT2D eigenvalue weighted by atomic mass is 10.00. The quantitative estimate of drug-likeness (QED) is 0.420. The number of nitrogens with zero attached hydrogens (tertiary/aromatic N) is 2. The van der Waals surface area contributed by atoms with E-state index in [1.807, 2.05) is 20.8 Å². The van der Waals surface area contributed by atoms with E-state index in [1.54, 1.807) is 48.5 Å². The Morgan fingerprint density at radius 2 is 1.67 bits per heavy atom. The number of carbonyl (C=O) groups excluding carboxylic acids is 3. The van der Waals surface area contributed by atoms with Crippen molar-refractivity contribution in [3.05, 3.63) is 64.7 Å². The average molecular weight is 512 g/mol. The number of ether oxygens (including phenoxy) is 2. The summed E-state index contributed by atoms with van der Waals surface area (Å²) >= 11 is 0.739. The molecule has 0 radical (unpaired) electrons. The van der Waals surface area contributed by atoms with Gasteiger partial charge in [0.05, 0.1) is 19.9 Å². The number of primary amides is 1. The number of nitrogen functional groups attached to an aromatic ring is 1. The standard InChI is InChI=1S/C25H29N5O5S/c1-25(2,3)28-23(32)20(14-9-11-16(34-4)12-10-14)30(15-7-6-8-17(13-15)35-5)24(33)21-18(26)19(22(27)31)29-36-21/h6-13,20H,26H2,1-5H3,(H2,27,31)(H,28,32). The SMILES string of the molecule is COc1ccc(C(C(=O)NC(C)(C)C)N(C(=O)c2snc(C(N)=O)c2N)c2cccc(OC)c2)cc1. The number of benzene rings is 2. The Kier molecular flexibility index (Phi) is 7.83. The Hall–Kier alpha value is -4.12. The molecule has 0 saturated carbocycles. The van der Waals surface area contributed by atoms with Gasteiger partial charge in [0, 0.05) is 17.3 Å². The number of hydrogen-bond donors (Lipinski definition) is 3. The van der Waals surface area contributed by atoms with Crippen molar-refractivity contribution < 1.29 is 23.9 Å². The summed E-state index contributed by atoms with van der Waals surface area (Å²) in [6, 6.07) is 12.4. The maximum Gasteiger partial charge on any atom is 0.273 e. The minimum atomic E-state index is -1.12. The number of amides is 3. The average Bonchev–Trinajstić information content (AvgIpc) is 3.22. The van der Waals surface area contributed by atoms with Gasteiger partial charge in [-0.3, -0.25) is 19.3 Å². The molecule has 190 valence electrons. The van der Waals surface area contributed by atoms with Gasteiger partial charge in [0.2, 0.25) is 5.91 Å². The highest BCUT2D eigenvalue weighted by molar-refractivity contribution is 7.09. The monoisotopic (exact) mass is 511 g/mol. The van der Waals surface area contributed by atoms with Gasteiger partial charge < -0.3 is 26.3 Å². The van der Waals surface area contributed by atoms with Crippen molar-refractivity contribution in [2.24, 2.45) is 5.73 Å². The zero-order valence-electron chi connectivity index (χ0n) is 20.7. The molecule has 0 saturated heterocycles. The van der Waals surface area contributed by atoms with E-state index in [9.17, 15) is 14.4 Å². The van der Waals surface area contributed by atoms with Crippen LogP contribution in [0.25, 0.3) is 0 Å². The summed E-state index contributed by atoms with van der Waals surface area (Å²) < 4.78 is 14.6. The molecule has 5 N–H and O–H groups in total. The molecular weight excluding hydrogens is 482 g/mol. The first-order chi connectivity index (χ1) is 17.0. The number of methoxy groups -OCH3 is 2. The van der Waals surface area contributed by atoms with Crippen molar-refractivity contribution in [3.8, 4) is 11.5 Å². The Morgan fingerprint density at radius 3 is 2.19 bits per heavy atom. The minimum Gasteiger partial charge on any atom is -0.497 e. The van der Waals surface area contributed by atoms with Gasteiger partial charge in [0.25, 0.3) is 11.8 Å².